The van der Waals surface area contributed by atoms with Crippen molar-refractivity contribution in [2.24, 2.45) is 5.41 Å². The number of ether oxygens (including phenoxy) is 2. The fourth-order valence-corrected chi connectivity index (χ4v) is 2.47. The fourth-order valence-electron chi connectivity index (χ4n) is 2.47. The maximum absolute atomic E-state index is 9.18. The molecule has 0 saturated carbocycles. The number of nitrogens with zero attached hydrogens (tertiary/aromatic N) is 1. The van der Waals surface area contributed by atoms with Crippen molar-refractivity contribution in [1.29, 1.82) is 5.26 Å². The molecular formula is C14H15NO2. The average molecular weight is 229 g/mol. The first kappa shape index (κ1) is 10.6. The Hall–Kier alpha value is -1.53. The molecule has 1 saturated heterocycles. The van der Waals surface area contributed by atoms with Crippen molar-refractivity contribution in [2.75, 3.05) is 19.8 Å². The molecule has 0 aromatic heterocycles. The molecule has 0 spiro atoms. The lowest BCUT2D eigenvalue weighted by Crippen LogP contribution is -2.43. The molecule has 17 heavy (non-hydrogen) atoms. The highest BCUT2D eigenvalue weighted by atomic mass is 16.5. The minimum atomic E-state index is -0.288. The third kappa shape index (κ3) is 1.89. The Labute approximate surface area is 101 Å². The largest absolute Gasteiger partial charge is 0.493 e. The van der Waals surface area contributed by atoms with E-state index in [0.717, 1.165) is 31.6 Å². The molecular weight excluding hydrogens is 214 g/mol. The molecule has 2 aliphatic heterocycles. The summed E-state index contributed by atoms with van der Waals surface area (Å²) in [7, 11) is 0. The van der Waals surface area contributed by atoms with Gasteiger partial charge in [0.05, 0.1) is 25.9 Å². The van der Waals surface area contributed by atoms with Gasteiger partial charge in [-0.2, -0.15) is 5.26 Å². The first-order valence-corrected chi connectivity index (χ1v) is 6.05. The molecule has 2 heterocycles. The summed E-state index contributed by atoms with van der Waals surface area (Å²) in [5.41, 5.74) is 2.21. The summed E-state index contributed by atoms with van der Waals surface area (Å²) in [6.07, 6.45) is 2.96. The molecule has 3 rings (SSSR count). The van der Waals surface area contributed by atoms with Gasteiger partial charge >= 0.3 is 0 Å². The van der Waals surface area contributed by atoms with Gasteiger partial charge in [0, 0.05) is 0 Å². The Bertz CT molecular complexity index is 472. The monoisotopic (exact) mass is 229 g/mol. The lowest BCUT2D eigenvalue weighted by Gasteiger charge is -2.35. The van der Waals surface area contributed by atoms with E-state index < -0.39 is 0 Å². The molecule has 1 aromatic rings. The number of fused-ring (bicyclic) bond motifs is 1. The van der Waals surface area contributed by atoms with Gasteiger partial charge in [0.15, 0.2) is 0 Å². The predicted molar refractivity (Wildman–Crippen MR) is 62.8 cm³/mol. The summed E-state index contributed by atoms with van der Waals surface area (Å²) in [6.45, 7) is 1.95. The third-order valence-electron chi connectivity index (χ3n) is 3.51. The van der Waals surface area contributed by atoms with Gasteiger partial charge in [-0.3, -0.25) is 0 Å². The van der Waals surface area contributed by atoms with E-state index in [0.29, 0.717) is 13.2 Å². The highest BCUT2D eigenvalue weighted by Crippen LogP contribution is 2.33. The van der Waals surface area contributed by atoms with E-state index >= 15 is 0 Å². The number of benzene rings is 1. The van der Waals surface area contributed by atoms with Crippen LogP contribution < -0.4 is 4.74 Å². The molecule has 0 unspecified atom stereocenters. The van der Waals surface area contributed by atoms with E-state index in [9.17, 15) is 5.26 Å². The van der Waals surface area contributed by atoms with Gasteiger partial charge in [0.1, 0.15) is 11.2 Å². The van der Waals surface area contributed by atoms with E-state index in [1.807, 2.05) is 6.07 Å². The maximum Gasteiger partial charge on any atom is 0.122 e. The van der Waals surface area contributed by atoms with Crippen LogP contribution in [0, 0.1) is 16.7 Å². The first-order chi connectivity index (χ1) is 8.31. The average Bonchev–Trinajstić information content (AvgIpc) is 2.34. The minimum Gasteiger partial charge on any atom is -0.493 e. The molecule has 0 aliphatic carbocycles. The van der Waals surface area contributed by atoms with Crippen LogP contribution in [-0.4, -0.2) is 19.8 Å². The standard InChI is InChI=1S/C14H15NO2/c15-8-14(9-16-10-14)7-11-3-4-13-12(6-11)2-1-5-17-13/h3-4,6H,1-2,5,7,9-10H2. The van der Waals surface area contributed by atoms with Crippen LogP contribution in [0.25, 0.3) is 0 Å². The lowest BCUT2D eigenvalue weighted by atomic mass is 9.81. The van der Waals surface area contributed by atoms with Crippen LogP contribution in [0.3, 0.4) is 0 Å². The molecule has 0 amide bonds. The Morgan fingerprint density at radius 3 is 2.94 bits per heavy atom. The summed E-state index contributed by atoms with van der Waals surface area (Å²) < 4.78 is 10.8. The van der Waals surface area contributed by atoms with Gasteiger partial charge in [-0.25, -0.2) is 0 Å². The quantitative estimate of drug-likeness (QED) is 0.779. The molecule has 1 fully saturated rings. The van der Waals surface area contributed by atoms with Crippen LogP contribution in [0.15, 0.2) is 18.2 Å². The van der Waals surface area contributed by atoms with Crippen LogP contribution in [0.2, 0.25) is 0 Å². The van der Waals surface area contributed by atoms with Gasteiger partial charge in [-0.05, 0) is 36.5 Å². The molecule has 0 bridgehead atoms. The molecule has 0 radical (unpaired) electrons. The topological polar surface area (TPSA) is 42.2 Å². The SMILES string of the molecule is N#CC1(Cc2ccc3c(c2)CCCO3)COC1. The Morgan fingerprint density at radius 1 is 1.35 bits per heavy atom. The van der Waals surface area contributed by atoms with Gasteiger partial charge in [-0.15, -0.1) is 0 Å². The zero-order chi connectivity index (χ0) is 11.7. The van der Waals surface area contributed by atoms with Crippen molar-refractivity contribution >= 4 is 0 Å². The van der Waals surface area contributed by atoms with E-state index in [4.69, 9.17) is 9.47 Å². The minimum absolute atomic E-state index is 0.288. The van der Waals surface area contributed by atoms with Crippen molar-refractivity contribution < 1.29 is 9.47 Å². The Morgan fingerprint density at radius 2 is 2.24 bits per heavy atom. The van der Waals surface area contributed by atoms with Crippen molar-refractivity contribution in [3.05, 3.63) is 29.3 Å². The van der Waals surface area contributed by atoms with E-state index in [1.54, 1.807) is 0 Å². The molecule has 3 nitrogen and oxygen atoms in total. The number of hydrogen-bond donors (Lipinski definition) is 0. The first-order valence-electron chi connectivity index (χ1n) is 6.05. The van der Waals surface area contributed by atoms with E-state index in [1.165, 1.54) is 11.1 Å². The molecule has 0 N–H and O–H groups in total. The molecule has 0 atom stereocenters. The maximum atomic E-state index is 9.18. The van der Waals surface area contributed by atoms with Crippen LogP contribution in [0.1, 0.15) is 17.5 Å². The molecule has 2 aliphatic rings. The Kier molecular flexibility index (Phi) is 2.53. The van der Waals surface area contributed by atoms with Crippen LogP contribution in [0.5, 0.6) is 5.75 Å². The normalized spacial score (nSPS) is 20.6. The summed E-state index contributed by atoms with van der Waals surface area (Å²) in [5, 5.41) is 9.18. The zero-order valence-corrected chi connectivity index (χ0v) is 9.74. The number of aryl methyl sites for hydroxylation is 1. The predicted octanol–water partition coefficient (Wildman–Crippen LogP) is 2.09. The van der Waals surface area contributed by atoms with Gasteiger partial charge < -0.3 is 9.47 Å². The second-order valence-electron chi connectivity index (χ2n) is 4.96. The zero-order valence-electron chi connectivity index (χ0n) is 9.74. The lowest BCUT2D eigenvalue weighted by molar-refractivity contribution is -0.0765. The molecule has 3 heteroatoms. The summed E-state index contributed by atoms with van der Waals surface area (Å²) in [4.78, 5) is 0. The van der Waals surface area contributed by atoms with Gasteiger partial charge in [0.2, 0.25) is 0 Å². The van der Waals surface area contributed by atoms with E-state index in [2.05, 4.69) is 18.2 Å². The van der Waals surface area contributed by atoms with Gasteiger partial charge in [-0.1, -0.05) is 12.1 Å². The summed E-state index contributed by atoms with van der Waals surface area (Å²) >= 11 is 0. The van der Waals surface area contributed by atoms with Crippen LogP contribution in [0.4, 0.5) is 0 Å². The van der Waals surface area contributed by atoms with E-state index in [-0.39, 0.29) is 5.41 Å². The molecule has 88 valence electrons. The number of hydrogen-bond acceptors (Lipinski definition) is 3. The van der Waals surface area contributed by atoms with Crippen molar-refractivity contribution in [2.45, 2.75) is 19.3 Å². The number of rotatable bonds is 2. The molecule has 1 aromatic carbocycles. The Balaban J connectivity index is 1.82. The highest BCUT2D eigenvalue weighted by Gasteiger charge is 2.39. The second kappa shape index (κ2) is 4.05. The van der Waals surface area contributed by atoms with Crippen molar-refractivity contribution in [3.8, 4) is 11.8 Å². The fraction of sp³-hybridized carbons (Fsp3) is 0.500. The summed E-state index contributed by atoms with van der Waals surface area (Å²) in [5.74, 6) is 1.01. The van der Waals surface area contributed by atoms with Crippen LogP contribution >= 0.6 is 0 Å². The smallest absolute Gasteiger partial charge is 0.122 e. The van der Waals surface area contributed by atoms with Crippen molar-refractivity contribution in [3.63, 3.8) is 0 Å². The summed E-state index contributed by atoms with van der Waals surface area (Å²) in [6, 6.07) is 8.68. The third-order valence-corrected chi connectivity index (χ3v) is 3.51. The van der Waals surface area contributed by atoms with Crippen LogP contribution in [-0.2, 0) is 17.6 Å². The second-order valence-corrected chi connectivity index (χ2v) is 4.96. The number of nitriles is 1. The van der Waals surface area contributed by atoms with Gasteiger partial charge in [0.25, 0.3) is 0 Å². The van der Waals surface area contributed by atoms with Crippen molar-refractivity contribution in [1.82, 2.24) is 0 Å². The highest BCUT2D eigenvalue weighted by molar-refractivity contribution is 5.39.